The Morgan fingerprint density at radius 3 is 2.74 bits per heavy atom. The van der Waals surface area contributed by atoms with Crippen molar-refractivity contribution in [2.75, 3.05) is 6.61 Å². The van der Waals surface area contributed by atoms with E-state index in [9.17, 15) is 9.59 Å². The summed E-state index contributed by atoms with van der Waals surface area (Å²) in [6.07, 6.45) is 2.91. The molecule has 2 saturated heterocycles. The third kappa shape index (κ3) is 2.93. The highest BCUT2D eigenvalue weighted by molar-refractivity contribution is 5.93. The van der Waals surface area contributed by atoms with Gasteiger partial charge in [-0.15, -0.1) is 0 Å². The molecule has 2 fully saturated rings. The number of aromatic nitrogens is 1. The first-order valence-electron chi connectivity index (χ1n) is 9.52. The van der Waals surface area contributed by atoms with Crippen LogP contribution in [0.3, 0.4) is 0 Å². The van der Waals surface area contributed by atoms with Gasteiger partial charge in [0.2, 0.25) is 5.76 Å². The van der Waals surface area contributed by atoms with Crippen LogP contribution in [-0.4, -0.2) is 40.6 Å². The van der Waals surface area contributed by atoms with E-state index >= 15 is 0 Å². The predicted molar refractivity (Wildman–Crippen MR) is 98.0 cm³/mol. The highest BCUT2D eigenvalue weighted by Gasteiger charge is 2.62. The number of rotatable bonds is 5. The van der Waals surface area contributed by atoms with Crippen LogP contribution in [0.2, 0.25) is 0 Å². The lowest BCUT2D eigenvalue weighted by Gasteiger charge is -2.35. The minimum absolute atomic E-state index is 0.0287. The fourth-order valence-corrected chi connectivity index (χ4v) is 4.80. The van der Waals surface area contributed by atoms with E-state index in [-0.39, 0.29) is 29.7 Å². The molecule has 0 N–H and O–H groups in total. The Kier molecular flexibility index (Phi) is 4.50. The van der Waals surface area contributed by atoms with Crippen LogP contribution in [0.15, 0.2) is 40.9 Å². The van der Waals surface area contributed by atoms with Crippen molar-refractivity contribution in [3.05, 3.63) is 53.4 Å². The average molecular weight is 368 g/mol. The Hall–Kier alpha value is -2.63. The molecule has 2 bridgehead atoms. The van der Waals surface area contributed by atoms with Crippen LogP contribution in [0.1, 0.15) is 48.0 Å². The maximum atomic E-state index is 13.1. The summed E-state index contributed by atoms with van der Waals surface area (Å²) in [7, 11) is 0. The van der Waals surface area contributed by atoms with Crippen molar-refractivity contribution in [2.24, 2.45) is 5.41 Å². The van der Waals surface area contributed by atoms with Crippen LogP contribution in [0.4, 0.5) is 0 Å². The number of nitrogens with zero attached hydrogens (tertiary/aromatic N) is 2. The number of aryl methyl sites for hydroxylation is 1. The number of hydrogen-bond acceptors (Lipinski definition) is 5. The van der Waals surface area contributed by atoms with Gasteiger partial charge < -0.3 is 14.2 Å². The molecule has 3 atom stereocenters. The maximum Gasteiger partial charge on any atom is 0.314 e. The number of hydrogen-bond donors (Lipinski definition) is 0. The molecule has 0 radical (unpaired) electrons. The zero-order valence-electron chi connectivity index (χ0n) is 15.7. The number of carbonyl (C=O) groups is 2. The first kappa shape index (κ1) is 17.8. The Morgan fingerprint density at radius 2 is 2.07 bits per heavy atom. The second-order valence-electron chi connectivity index (χ2n) is 7.54. The van der Waals surface area contributed by atoms with E-state index in [0.29, 0.717) is 25.1 Å². The fraction of sp³-hybridized carbons (Fsp3) is 0.476. The molecule has 1 amide bonds. The fourth-order valence-electron chi connectivity index (χ4n) is 4.80. The lowest BCUT2D eigenvalue weighted by atomic mass is 9.70. The van der Waals surface area contributed by atoms with Gasteiger partial charge in [-0.25, -0.2) is 0 Å². The van der Waals surface area contributed by atoms with Gasteiger partial charge >= 0.3 is 5.97 Å². The van der Waals surface area contributed by atoms with Crippen LogP contribution in [-0.2, 0) is 16.0 Å². The first-order chi connectivity index (χ1) is 13.0. The van der Waals surface area contributed by atoms with Gasteiger partial charge in [-0.2, -0.15) is 0 Å². The number of carbonyl (C=O) groups excluding carboxylic acids is 2. The van der Waals surface area contributed by atoms with Crippen molar-refractivity contribution < 1.29 is 18.8 Å². The molecule has 6 heteroatoms. The number of benzene rings is 1. The lowest BCUT2D eigenvalue weighted by Crippen LogP contribution is -2.47. The molecule has 2 aliphatic rings. The van der Waals surface area contributed by atoms with E-state index in [0.717, 1.165) is 18.4 Å². The second kappa shape index (κ2) is 6.83. The molecule has 1 aromatic carbocycles. The van der Waals surface area contributed by atoms with E-state index in [1.807, 2.05) is 42.2 Å². The van der Waals surface area contributed by atoms with Gasteiger partial charge in [-0.1, -0.05) is 35.5 Å². The third-order valence-corrected chi connectivity index (χ3v) is 5.86. The van der Waals surface area contributed by atoms with E-state index in [1.54, 1.807) is 13.0 Å². The monoisotopic (exact) mass is 368 g/mol. The molecule has 0 spiro atoms. The molecule has 0 saturated carbocycles. The van der Waals surface area contributed by atoms with Crippen molar-refractivity contribution in [3.8, 4) is 0 Å². The summed E-state index contributed by atoms with van der Waals surface area (Å²) >= 11 is 0. The maximum absolute atomic E-state index is 13.1. The predicted octanol–water partition coefficient (Wildman–Crippen LogP) is 3.15. The topological polar surface area (TPSA) is 72.6 Å². The Morgan fingerprint density at radius 1 is 1.30 bits per heavy atom. The molecule has 6 nitrogen and oxygen atoms in total. The standard InChI is InChI=1S/C21H24N2O4/c1-3-26-20(25)21(12-15-7-5-4-6-8-15)13-16-9-10-18(21)23(16)19(24)17-11-14(2)22-27-17/h4-8,11,16,18H,3,9-10,12-13H2,1-2H3/t16-,18+,21+/m1/s1. The second-order valence-corrected chi connectivity index (χ2v) is 7.54. The molecular formula is C21H24N2O4. The summed E-state index contributed by atoms with van der Waals surface area (Å²) in [5, 5.41) is 3.83. The molecule has 3 heterocycles. The highest BCUT2D eigenvalue weighted by Crippen LogP contribution is 2.52. The van der Waals surface area contributed by atoms with Crippen LogP contribution < -0.4 is 0 Å². The average Bonchev–Trinajstić information content (AvgIpc) is 3.36. The van der Waals surface area contributed by atoms with E-state index in [1.165, 1.54) is 0 Å². The summed E-state index contributed by atoms with van der Waals surface area (Å²) in [5.41, 5.74) is 1.05. The number of fused-ring (bicyclic) bond motifs is 2. The van der Waals surface area contributed by atoms with Crippen molar-refractivity contribution in [3.63, 3.8) is 0 Å². The van der Waals surface area contributed by atoms with Gasteiger partial charge in [-0.05, 0) is 45.1 Å². The summed E-state index contributed by atoms with van der Waals surface area (Å²) in [5.74, 6) is -0.140. The largest absolute Gasteiger partial charge is 0.465 e. The number of ether oxygens (including phenoxy) is 1. The summed E-state index contributed by atoms with van der Waals surface area (Å²) in [6.45, 7) is 3.95. The van der Waals surface area contributed by atoms with Crippen molar-refractivity contribution in [1.29, 1.82) is 0 Å². The quantitative estimate of drug-likeness (QED) is 0.758. The number of amides is 1. The zero-order valence-corrected chi connectivity index (χ0v) is 15.7. The molecule has 2 aliphatic heterocycles. The minimum Gasteiger partial charge on any atom is -0.465 e. The number of esters is 1. The molecule has 4 rings (SSSR count). The van der Waals surface area contributed by atoms with Crippen LogP contribution in [0, 0.1) is 12.3 Å². The van der Waals surface area contributed by atoms with Crippen LogP contribution in [0.25, 0.3) is 0 Å². The minimum atomic E-state index is -0.703. The molecule has 2 aromatic rings. The normalized spacial score (nSPS) is 26.4. The summed E-state index contributed by atoms with van der Waals surface area (Å²) in [4.78, 5) is 28.0. The first-order valence-corrected chi connectivity index (χ1v) is 9.52. The molecule has 1 aromatic heterocycles. The van der Waals surface area contributed by atoms with Gasteiger partial charge in [0, 0.05) is 18.2 Å². The van der Waals surface area contributed by atoms with Crippen LogP contribution >= 0.6 is 0 Å². The lowest BCUT2D eigenvalue weighted by molar-refractivity contribution is -0.157. The molecule has 0 aliphatic carbocycles. The van der Waals surface area contributed by atoms with Gasteiger partial charge in [0.05, 0.1) is 17.7 Å². The third-order valence-electron chi connectivity index (χ3n) is 5.86. The van der Waals surface area contributed by atoms with Crippen molar-refractivity contribution in [2.45, 2.75) is 51.6 Å². The van der Waals surface area contributed by atoms with Gasteiger partial charge in [0.15, 0.2) is 0 Å². The van der Waals surface area contributed by atoms with Gasteiger partial charge in [-0.3, -0.25) is 9.59 Å². The van der Waals surface area contributed by atoms with Gasteiger partial charge in [0.25, 0.3) is 5.91 Å². The van der Waals surface area contributed by atoms with Crippen LogP contribution in [0.5, 0.6) is 0 Å². The highest BCUT2D eigenvalue weighted by atomic mass is 16.5. The van der Waals surface area contributed by atoms with Crippen molar-refractivity contribution >= 4 is 11.9 Å². The molecular weight excluding hydrogens is 344 g/mol. The zero-order chi connectivity index (χ0) is 19.0. The van der Waals surface area contributed by atoms with E-state index in [2.05, 4.69) is 5.16 Å². The SMILES string of the molecule is CCOC(=O)[C@@]1(Cc2ccccc2)C[C@H]2CC[C@@H]1N2C(=O)c1cc(C)no1. The Bertz CT molecular complexity index is 847. The molecule has 27 heavy (non-hydrogen) atoms. The summed E-state index contributed by atoms with van der Waals surface area (Å²) < 4.78 is 10.7. The van der Waals surface area contributed by atoms with Gasteiger partial charge in [0.1, 0.15) is 0 Å². The summed E-state index contributed by atoms with van der Waals surface area (Å²) in [6, 6.07) is 11.5. The Balaban J connectivity index is 1.68. The molecule has 0 unspecified atom stereocenters. The van der Waals surface area contributed by atoms with Crippen molar-refractivity contribution in [1.82, 2.24) is 10.1 Å². The van der Waals surface area contributed by atoms with E-state index in [4.69, 9.17) is 9.26 Å². The smallest absolute Gasteiger partial charge is 0.314 e. The molecule has 142 valence electrons. The van der Waals surface area contributed by atoms with E-state index < -0.39 is 5.41 Å². The Labute approximate surface area is 158 Å².